The van der Waals surface area contributed by atoms with Gasteiger partial charge in [0.15, 0.2) is 0 Å². The first kappa shape index (κ1) is 14.5. The van der Waals surface area contributed by atoms with Crippen LogP contribution >= 0.6 is 24.8 Å². The Bertz CT molecular complexity index is 269. The fourth-order valence-corrected chi connectivity index (χ4v) is 1.79. The van der Waals surface area contributed by atoms with Crippen LogP contribution in [0, 0.1) is 0 Å². The standard InChI is InChI=1S/C10H15N3.2ClH/c11-9-3-2-6-13(8-9)10-4-1-5-12-7-10;;/h1,4-5,7,9H,2-3,6,8,11H2;2*1H/t9-;;/m1../s1. The Morgan fingerprint density at radius 3 is 2.80 bits per heavy atom. The lowest BCUT2D eigenvalue weighted by Gasteiger charge is -2.32. The third-order valence-electron chi connectivity index (χ3n) is 2.47. The van der Waals surface area contributed by atoms with Crippen LogP contribution < -0.4 is 10.6 Å². The molecular formula is C10H17Cl2N3. The van der Waals surface area contributed by atoms with Gasteiger partial charge in [0.25, 0.3) is 0 Å². The van der Waals surface area contributed by atoms with Gasteiger partial charge in [-0.05, 0) is 25.0 Å². The topological polar surface area (TPSA) is 42.1 Å². The molecule has 0 bridgehead atoms. The van der Waals surface area contributed by atoms with Crippen LogP contribution in [0.15, 0.2) is 24.5 Å². The minimum Gasteiger partial charge on any atom is -0.369 e. The number of hydrogen-bond donors (Lipinski definition) is 1. The Morgan fingerprint density at radius 1 is 1.40 bits per heavy atom. The van der Waals surface area contributed by atoms with Gasteiger partial charge in [0.05, 0.1) is 11.9 Å². The number of piperidine rings is 1. The molecule has 5 heteroatoms. The van der Waals surface area contributed by atoms with Crippen LogP contribution in [-0.4, -0.2) is 24.1 Å². The molecule has 2 rings (SSSR count). The van der Waals surface area contributed by atoms with E-state index < -0.39 is 0 Å². The summed E-state index contributed by atoms with van der Waals surface area (Å²) in [5.74, 6) is 0. The van der Waals surface area contributed by atoms with Gasteiger partial charge in [-0.15, -0.1) is 24.8 Å². The van der Waals surface area contributed by atoms with Crippen molar-refractivity contribution in [3.63, 3.8) is 0 Å². The van der Waals surface area contributed by atoms with Gasteiger partial charge >= 0.3 is 0 Å². The number of pyridine rings is 1. The lowest BCUT2D eigenvalue weighted by molar-refractivity contribution is 0.506. The molecule has 3 nitrogen and oxygen atoms in total. The zero-order chi connectivity index (χ0) is 9.10. The summed E-state index contributed by atoms with van der Waals surface area (Å²) in [6, 6.07) is 4.38. The third kappa shape index (κ3) is 3.86. The van der Waals surface area contributed by atoms with Gasteiger partial charge in [-0.1, -0.05) is 0 Å². The fraction of sp³-hybridized carbons (Fsp3) is 0.500. The van der Waals surface area contributed by atoms with Crippen molar-refractivity contribution in [2.45, 2.75) is 18.9 Å². The average molecular weight is 250 g/mol. The van der Waals surface area contributed by atoms with Crippen LogP contribution in [0.25, 0.3) is 0 Å². The van der Waals surface area contributed by atoms with Crippen molar-refractivity contribution in [1.82, 2.24) is 4.98 Å². The van der Waals surface area contributed by atoms with Crippen LogP contribution in [0.1, 0.15) is 12.8 Å². The minimum absolute atomic E-state index is 0. The molecule has 2 heterocycles. The van der Waals surface area contributed by atoms with Gasteiger partial charge in [0.2, 0.25) is 0 Å². The smallest absolute Gasteiger partial charge is 0.0553 e. The van der Waals surface area contributed by atoms with E-state index in [1.54, 1.807) is 6.20 Å². The molecule has 0 saturated carbocycles. The van der Waals surface area contributed by atoms with E-state index in [2.05, 4.69) is 16.0 Å². The van der Waals surface area contributed by atoms with E-state index in [-0.39, 0.29) is 24.8 Å². The summed E-state index contributed by atoms with van der Waals surface area (Å²) in [4.78, 5) is 6.41. The molecule has 0 spiro atoms. The summed E-state index contributed by atoms with van der Waals surface area (Å²) < 4.78 is 0. The molecule has 0 aliphatic carbocycles. The molecule has 1 aliphatic heterocycles. The largest absolute Gasteiger partial charge is 0.369 e. The van der Waals surface area contributed by atoms with Crippen LogP contribution in [-0.2, 0) is 0 Å². The van der Waals surface area contributed by atoms with E-state index in [9.17, 15) is 0 Å². The van der Waals surface area contributed by atoms with Crippen molar-refractivity contribution in [3.05, 3.63) is 24.5 Å². The minimum atomic E-state index is 0. The summed E-state index contributed by atoms with van der Waals surface area (Å²) in [7, 11) is 0. The third-order valence-corrected chi connectivity index (χ3v) is 2.47. The predicted octanol–water partition coefficient (Wildman–Crippen LogP) is 1.85. The maximum Gasteiger partial charge on any atom is 0.0553 e. The highest BCUT2D eigenvalue weighted by Crippen LogP contribution is 2.17. The molecule has 2 N–H and O–H groups in total. The number of rotatable bonds is 1. The summed E-state index contributed by atoms with van der Waals surface area (Å²) in [5.41, 5.74) is 7.09. The highest BCUT2D eigenvalue weighted by Gasteiger charge is 2.16. The second-order valence-electron chi connectivity index (χ2n) is 3.56. The normalized spacial score (nSPS) is 20.1. The van der Waals surface area contributed by atoms with Gasteiger partial charge in [0.1, 0.15) is 0 Å². The van der Waals surface area contributed by atoms with Crippen molar-refractivity contribution >= 4 is 30.5 Å². The predicted molar refractivity (Wildman–Crippen MR) is 68.2 cm³/mol. The van der Waals surface area contributed by atoms with Crippen LogP contribution in [0.5, 0.6) is 0 Å². The van der Waals surface area contributed by atoms with Crippen LogP contribution in [0.3, 0.4) is 0 Å². The van der Waals surface area contributed by atoms with E-state index in [0.717, 1.165) is 19.5 Å². The second kappa shape index (κ2) is 6.88. The number of hydrogen-bond acceptors (Lipinski definition) is 3. The Morgan fingerprint density at radius 2 is 2.20 bits per heavy atom. The molecule has 1 fully saturated rings. The van der Waals surface area contributed by atoms with Crippen molar-refractivity contribution in [2.24, 2.45) is 5.73 Å². The van der Waals surface area contributed by atoms with Crippen LogP contribution in [0.4, 0.5) is 5.69 Å². The quantitative estimate of drug-likeness (QED) is 0.827. The lowest BCUT2D eigenvalue weighted by Crippen LogP contribution is -2.42. The lowest BCUT2D eigenvalue weighted by atomic mass is 10.1. The first-order chi connectivity index (χ1) is 6.36. The molecule has 1 aromatic heterocycles. The second-order valence-corrected chi connectivity index (χ2v) is 3.56. The van der Waals surface area contributed by atoms with Crippen molar-refractivity contribution in [2.75, 3.05) is 18.0 Å². The number of anilines is 1. The van der Waals surface area contributed by atoms with Crippen molar-refractivity contribution in [1.29, 1.82) is 0 Å². The molecule has 15 heavy (non-hydrogen) atoms. The van der Waals surface area contributed by atoms with E-state index in [1.165, 1.54) is 12.1 Å². The molecule has 0 amide bonds. The molecular weight excluding hydrogens is 233 g/mol. The molecule has 1 aromatic rings. The highest BCUT2D eigenvalue weighted by molar-refractivity contribution is 5.85. The Balaban J connectivity index is 0.000000980. The van der Waals surface area contributed by atoms with Crippen molar-refractivity contribution < 1.29 is 0 Å². The summed E-state index contributed by atoms with van der Waals surface area (Å²) in [6.45, 7) is 2.07. The molecule has 1 aliphatic rings. The van der Waals surface area contributed by atoms with E-state index in [1.807, 2.05) is 12.3 Å². The first-order valence-corrected chi connectivity index (χ1v) is 4.77. The fourth-order valence-electron chi connectivity index (χ4n) is 1.79. The Hall–Kier alpha value is -0.510. The van der Waals surface area contributed by atoms with Gasteiger partial charge in [-0.3, -0.25) is 4.98 Å². The molecule has 0 radical (unpaired) electrons. The Kier molecular flexibility index (Phi) is 6.65. The van der Waals surface area contributed by atoms with Gasteiger partial charge in [0, 0.05) is 25.3 Å². The van der Waals surface area contributed by atoms with Gasteiger partial charge < -0.3 is 10.6 Å². The number of nitrogens with zero attached hydrogens (tertiary/aromatic N) is 2. The summed E-state index contributed by atoms with van der Waals surface area (Å²) in [6.07, 6.45) is 6.04. The SMILES string of the molecule is Cl.Cl.N[C@@H]1CCCN(c2cccnc2)C1. The first-order valence-electron chi connectivity index (χ1n) is 4.77. The number of aromatic nitrogens is 1. The molecule has 1 atom stereocenters. The van der Waals surface area contributed by atoms with E-state index in [0.29, 0.717) is 6.04 Å². The maximum absolute atomic E-state index is 5.90. The maximum atomic E-state index is 5.90. The van der Waals surface area contributed by atoms with Gasteiger partial charge in [-0.2, -0.15) is 0 Å². The van der Waals surface area contributed by atoms with E-state index in [4.69, 9.17) is 5.73 Å². The Labute approximate surface area is 103 Å². The molecule has 1 saturated heterocycles. The molecule has 0 unspecified atom stereocenters. The summed E-state index contributed by atoms with van der Waals surface area (Å²) >= 11 is 0. The zero-order valence-electron chi connectivity index (χ0n) is 8.50. The monoisotopic (exact) mass is 249 g/mol. The number of nitrogens with two attached hydrogens (primary N) is 1. The highest BCUT2D eigenvalue weighted by atomic mass is 35.5. The zero-order valence-corrected chi connectivity index (χ0v) is 10.1. The van der Waals surface area contributed by atoms with Gasteiger partial charge in [-0.25, -0.2) is 0 Å². The summed E-state index contributed by atoms with van der Waals surface area (Å²) in [5, 5.41) is 0. The van der Waals surface area contributed by atoms with Crippen molar-refractivity contribution in [3.8, 4) is 0 Å². The average Bonchev–Trinajstić information content (AvgIpc) is 2.19. The molecule has 86 valence electrons. The number of halogens is 2. The van der Waals surface area contributed by atoms with E-state index >= 15 is 0 Å². The van der Waals surface area contributed by atoms with Crippen LogP contribution in [0.2, 0.25) is 0 Å². The molecule has 0 aromatic carbocycles.